The van der Waals surface area contributed by atoms with E-state index in [9.17, 15) is 0 Å². The lowest BCUT2D eigenvalue weighted by molar-refractivity contribution is 1.38. The lowest BCUT2D eigenvalue weighted by Crippen LogP contribution is -1.70. The summed E-state index contributed by atoms with van der Waals surface area (Å²) in [7, 11) is 0. The van der Waals surface area contributed by atoms with Gasteiger partial charge in [0.05, 0.1) is 15.6 Å². The van der Waals surface area contributed by atoms with Crippen molar-refractivity contribution in [1.29, 1.82) is 0 Å². The van der Waals surface area contributed by atoms with Crippen molar-refractivity contribution in [2.24, 2.45) is 0 Å². The molecule has 3 heteroatoms. The Morgan fingerprint density at radius 1 is 1.36 bits per heavy atom. The van der Waals surface area contributed by atoms with E-state index in [-0.39, 0.29) is 0 Å². The van der Waals surface area contributed by atoms with Gasteiger partial charge in [-0.3, -0.25) is 0 Å². The molecule has 11 heavy (non-hydrogen) atoms. The predicted octanol–water partition coefficient (Wildman–Crippen LogP) is 3.05. The Bertz CT molecular complexity index is 335. The molecule has 0 aliphatic carbocycles. The molecule has 2 aromatic rings. The fourth-order valence-corrected chi connectivity index (χ4v) is 2.19. The number of thiazole rings is 1. The molecule has 0 atom stereocenters. The second kappa shape index (κ2) is 2.75. The van der Waals surface area contributed by atoms with E-state index in [2.05, 4.69) is 23.4 Å². The first kappa shape index (κ1) is 7.00. The first-order chi connectivity index (χ1) is 5.36. The Morgan fingerprint density at radius 3 is 2.82 bits per heavy atom. The molecule has 2 heterocycles. The van der Waals surface area contributed by atoms with Gasteiger partial charge in [-0.25, -0.2) is 4.98 Å². The summed E-state index contributed by atoms with van der Waals surface area (Å²) in [6.45, 7) is 3.76. The smallest absolute Gasteiger partial charge is 0.0937 e. The molecule has 1 radical (unpaired) electrons. The lowest BCUT2D eigenvalue weighted by atomic mass is 10.4. The predicted molar refractivity (Wildman–Crippen MR) is 49.9 cm³/mol. The first-order valence-corrected chi connectivity index (χ1v) is 4.93. The van der Waals surface area contributed by atoms with Gasteiger partial charge in [0.25, 0.3) is 0 Å². The van der Waals surface area contributed by atoms with Crippen LogP contribution in [-0.2, 0) is 0 Å². The molecule has 0 saturated heterocycles. The molecule has 0 bridgehead atoms. The van der Waals surface area contributed by atoms with E-state index >= 15 is 0 Å². The Balaban J connectivity index is 2.45. The summed E-state index contributed by atoms with van der Waals surface area (Å²) < 4.78 is 0. The SMILES string of the molecule is [CH2]c1nc(-c2cccs2)cs1. The summed E-state index contributed by atoms with van der Waals surface area (Å²) in [4.78, 5) is 5.49. The summed E-state index contributed by atoms with van der Waals surface area (Å²) >= 11 is 3.29. The maximum Gasteiger partial charge on any atom is 0.0937 e. The number of hydrogen-bond acceptors (Lipinski definition) is 3. The second-order valence-electron chi connectivity index (χ2n) is 2.10. The molecular formula is C8H6NS2. The van der Waals surface area contributed by atoms with Crippen molar-refractivity contribution < 1.29 is 0 Å². The maximum atomic E-state index is 4.27. The molecule has 0 aliphatic heterocycles. The van der Waals surface area contributed by atoms with E-state index < -0.39 is 0 Å². The van der Waals surface area contributed by atoms with Gasteiger partial charge >= 0.3 is 0 Å². The van der Waals surface area contributed by atoms with Gasteiger partial charge in [0.15, 0.2) is 0 Å². The molecule has 0 aliphatic rings. The zero-order valence-corrected chi connectivity index (χ0v) is 7.41. The standard InChI is InChI=1S/C8H6NS2/c1-6-9-7(5-11-6)8-3-2-4-10-8/h2-5H,1H2. The molecule has 0 spiro atoms. The van der Waals surface area contributed by atoms with E-state index in [0.29, 0.717) is 0 Å². The van der Waals surface area contributed by atoms with Crippen LogP contribution in [0, 0.1) is 6.92 Å². The molecule has 55 valence electrons. The zero-order valence-electron chi connectivity index (χ0n) is 5.78. The van der Waals surface area contributed by atoms with Crippen LogP contribution >= 0.6 is 22.7 Å². The van der Waals surface area contributed by atoms with Crippen LogP contribution in [0.4, 0.5) is 0 Å². The summed E-state index contributed by atoms with van der Waals surface area (Å²) in [5.41, 5.74) is 1.05. The number of hydrogen-bond donors (Lipinski definition) is 0. The minimum Gasteiger partial charge on any atom is -0.240 e. The van der Waals surface area contributed by atoms with Crippen LogP contribution < -0.4 is 0 Å². The summed E-state index contributed by atoms with van der Waals surface area (Å²) in [6.07, 6.45) is 0. The average Bonchev–Trinajstić information content (AvgIpc) is 2.55. The van der Waals surface area contributed by atoms with Crippen LogP contribution in [0.25, 0.3) is 10.6 Å². The van der Waals surface area contributed by atoms with E-state index in [0.717, 1.165) is 10.7 Å². The van der Waals surface area contributed by atoms with Gasteiger partial charge in [0.1, 0.15) is 0 Å². The number of aromatic nitrogens is 1. The number of nitrogens with zero attached hydrogens (tertiary/aromatic N) is 1. The number of thiophene rings is 1. The van der Waals surface area contributed by atoms with Gasteiger partial charge in [-0.15, -0.1) is 22.7 Å². The Kier molecular flexibility index (Phi) is 1.75. The van der Waals surface area contributed by atoms with E-state index in [4.69, 9.17) is 0 Å². The van der Waals surface area contributed by atoms with Gasteiger partial charge < -0.3 is 0 Å². The molecule has 0 aromatic carbocycles. The summed E-state index contributed by atoms with van der Waals surface area (Å²) in [6, 6.07) is 4.10. The molecule has 2 rings (SSSR count). The van der Waals surface area contributed by atoms with E-state index in [1.807, 2.05) is 11.4 Å². The molecule has 0 saturated carbocycles. The molecule has 0 N–H and O–H groups in total. The van der Waals surface area contributed by atoms with Gasteiger partial charge in [-0.05, 0) is 11.4 Å². The van der Waals surface area contributed by atoms with Gasteiger partial charge in [-0.1, -0.05) is 6.07 Å². The highest BCUT2D eigenvalue weighted by atomic mass is 32.1. The monoisotopic (exact) mass is 180 g/mol. The fourth-order valence-electron chi connectivity index (χ4n) is 0.848. The van der Waals surface area contributed by atoms with Crippen LogP contribution in [0.5, 0.6) is 0 Å². The highest BCUT2D eigenvalue weighted by Crippen LogP contribution is 2.25. The largest absolute Gasteiger partial charge is 0.240 e. The van der Waals surface area contributed by atoms with Crippen LogP contribution in [0.2, 0.25) is 0 Å². The molecule has 2 aromatic heterocycles. The highest BCUT2D eigenvalue weighted by Gasteiger charge is 2.00. The lowest BCUT2D eigenvalue weighted by Gasteiger charge is -1.85. The zero-order chi connectivity index (χ0) is 7.68. The molecule has 0 unspecified atom stereocenters. The van der Waals surface area contributed by atoms with E-state index in [1.54, 1.807) is 22.7 Å². The van der Waals surface area contributed by atoms with Gasteiger partial charge in [0, 0.05) is 12.3 Å². The Labute approximate surface area is 73.4 Å². The third-order valence-electron chi connectivity index (χ3n) is 1.33. The van der Waals surface area contributed by atoms with Gasteiger partial charge in [-0.2, -0.15) is 0 Å². The fraction of sp³-hybridized carbons (Fsp3) is 0. The Morgan fingerprint density at radius 2 is 2.27 bits per heavy atom. The summed E-state index contributed by atoms with van der Waals surface area (Å²) in [5.74, 6) is 0. The van der Waals surface area contributed by atoms with Gasteiger partial charge in [0.2, 0.25) is 0 Å². The third-order valence-corrected chi connectivity index (χ3v) is 2.92. The van der Waals surface area contributed by atoms with Crippen molar-refractivity contribution >= 4 is 22.7 Å². The molecular weight excluding hydrogens is 174 g/mol. The van der Waals surface area contributed by atoms with Crippen molar-refractivity contribution in [2.45, 2.75) is 0 Å². The van der Waals surface area contributed by atoms with Crippen molar-refractivity contribution in [3.05, 3.63) is 34.8 Å². The molecule has 0 fully saturated rings. The van der Waals surface area contributed by atoms with Crippen LogP contribution in [0.1, 0.15) is 5.01 Å². The van der Waals surface area contributed by atoms with Crippen LogP contribution in [0.15, 0.2) is 22.9 Å². The molecule has 1 nitrogen and oxygen atoms in total. The van der Waals surface area contributed by atoms with Crippen molar-refractivity contribution in [3.63, 3.8) is 0 Å². The van der Waals surface area contributed by atoms with Crippen LogP contribution in [0.3, 0.4) is 0 Å². The van der Waals surface area contributed by atoms with Crippen molar-refractivity contribution in [2.75, 3.05) is 0 Å². The van der Waals surface area contributed by atoms with Crippen LogP contribution in [-0.4, -0.2) is 4.98 Å². The second-order valence-corrected chi connectivity index (χ2v) is 3.99. The minimum atomic E-state index is 0.883. The molecule has 0 amide bonds. The quantitative estimate of drug-likeness (QED) is 0.657. The third kappa shape index (κ3) is 1.34. The average molecular weight is 180 g/mol. The van der Waals surface area contributed by atoms with E-state index in [1.165, 1.54) is 4.88 Å². The minimum absolute atomic E-state index is 0.883. The highest BCUT2D eigenvalue weighted by molar-refractivity contribution is 7.14. The topological polar surface area (TPSA) is 12.9 Å². The Hall–Kier alpha value is -0.670. The summed E-state index contributed by atoms with van der Waals surface area (Å²) in [5, 5.41) is 4.97. The van der Waals surface area contributed by atoms with Crippen molar-refractivity contribution in [3.8, 4) is 10.6 Å². The number of rotatable bonds is 1. The first-order valence-electron chi connectivity index (χ1n) is 3.17. The van der Waals surface area contributed by atoms with Crippen molar-refractivity contribution in [1.82, 2.24) is 4.98 Å². The normalized spacial score (nSPS) is 10.3. The maximum absolute atomic E-state index is 4.27.